The first-order valence-corrected chi connectivity index (χ1v) is 7.28. The molecule has 1 N–H and O–H groups in total. The summed E-state index contributed by atoms with van der Waals surface area (Å²) in [6.07, 6.45) is -3.22. The zero-order valence-corrected chi connectivity index (χ0v) is 12.5. The van der Waals surface area contributed by atoms with Crippen LogP contribution in [0.3, 0.4) is 0 Å². The normalized spacial score (nSPS) is 41.6. The largest absolute Gasteiger partial charge is 0.457 e. The number of cyclic esters (lactones) is 2. The van der Waals surface area contributed by atoms with E-state index in [2.05, 4.69) is 0 Å². The minimum Gasteiger partial charge on any atom is -0.457 e. The van der Waals surface area contributed by atoms with Crippen LogP contribution in [0.5, 0.6) is 0 Å². The first-order chi connectivity index (χ1) is 10.6. The minimum absolute atomic E-state index is 0.0385. The van der Waals surface area contributed by atoms with Crippen molar-refractivity contribution in [2.24, 2.45) is 11.8 Å². The highest BCUT2D eigenvalue weighted by Crippen LogP contribution is 2.46. The van der Waals surface area contributed by atoms with Crippen LogP contribution in [0, 0.1) is 11.8 Å². The van der Waals surface area contributed by atoms with E-state index in [0.717, 1.165) is 0 Å². The van der Waals surface area contributed by atoms with E-state index in [1.807, 2.05) is 0 Å². The Morgan fingerprint density at radius 1 is 1.23 bits per heavy atom. The number of aliphatic hydroxyl groups is 1. The summed E-state index contributed by atoms with van der Waals surface area (Å²) in [6.45, 7) is 0.240. The van der Waals surface area contributed by atoms with Crippen LogP contribution in [0.2, 0.25) is 0 Å². The van der Waals surface area contributed by atoms with E-state index in [1.165, 1.54) is 14.2 Å². The molecule has 0 saturated carbocycles. The monoisotopic (exact) mass is 316 g/mol. The summed E-state index contributed by atoms with van der Waals surface area (Å²) in [6, 6.07) is 0. The van der Waals surface area contributed by atoms with Crippen LogP contribution in [-0.4, -0.2) is 75.0 Å². The van der Waals surface area contributed by atoms with Gasteiger partial charge in [0.15, 0.2) is 12.2 Å². The zero-order valence-electron chi connectivity index (χ0n) is 12.5. The average Bonchev–Trinajstić information content (AvgIpc) is 2.98. The highest BCUT2D eigenvalue weighted by molar-refractivity contribution is 5.79. The Kier molecular flexibility index (Phi) is 4.35. The molecule has 0 unspecified atom stereocenters. The number of ether oxygens (including phenoxy) is 5. The second-order valence-corrected chi connectivity index (χ2v) is 5.87. The number of rotatable bonds is 5. The van der Waals surface area contributed by atoms with Crippen LogP contribution in [0.1, 0.15) is 6.42 Å². The third-order valence-electron chi connectivity index (χ3n) is 4.50. The van der Waals surface area contributed by atoms with E-state index < -0.39 is 42.4 Å². The molecular weight excluding hydrogens is 296 g/mol. The second-order valence-electron chi connectivity index (χ2n) is 5.87. The van der Waals surface area contributed by atoms with Crippen LogP contribution < -0.4 is 0 Å². The molecule has 22 heavy (non-hydrogen) atoms. The number of fused-ring (bicyclic) bond motifs is 3. The van der Waals surface area contributed by atoms with Gasteiger partial charge >= 0.3 is 11.9 Å². The molecule has 8 heteroatoms. The predicted octanol–water partition coefficient (Wildman–Crippen LogP) is -1.12. The fourth-order valence-electron chi connectivity index (χ4n) is 3.62. The summed E-state index contributed by atoms with van der Waals surface area (Å²) in [5.74, 6) is -1.68. The number of hydrogen-bond donors (Lipinski definition) is 1. The lowest BCUT2D eigenvalue weighted by atomic mass is 9.81. The van der Waals surface area contributed by atoms with E-state index >= 15 is 0 Å². The van der Waals surface area contributed by atoms with Crippen LogP contribution >= 0.6 is 0 Å². The second kappa shape index (κ2) is 6.11. The summed E-state index contributed by atoms with van der Waals surface area (Å²) in [5, 5.41) is 10.1. The van der Waals surface area contributed by atoms with Crippen molar-refractivity contribution in [3.05, 3.63) is 0 Å². The van der Waals surface area contributed by atoms with E-state index in [9.17, 15) is 14.7 Å². The zero-order chi connectivity index (χ0) is 15.9. The molecule has 0 aromatic heterocycles. The van der Waals surface area contributed by atoms with E-state index in [4.69, 9.17) is 23.7 Å². The van der Waals surface area contributed by atoms with Crippen molar-refractivity contribution in [1.29, 1.82) is 0 Å². The molecule has 3 fully saturated rings. The van der Waals surface area contributed by atoms with Gasteiger partial charge in [-0.05, 0) is 0 Å². The summed E-state index contributed by atoms with van der Waals surface area (Å²) in [4.78, 5) is 23.9. The molecule has 3 saturated heterocycles. The van der Waals surface area contributed by atoms with Gasteiger partial charge < -0.3 is 28.8 Å². The van der Waals surface area contributed by atoms with E-state index in [0.29, 0.717) is 0 Å². The Bertz CT molecular complexity index is 452. The van der Waals surface area contributed by atoms with E-state index in [1.54, 1.807) is 0 Å². The van der Waals surface area contributed by atoms with Gasteiger partial charge in [0.2, 0.25) is 0 Å². The van der Waals surface area contributed by atoms with Gasteiger partial charge in [-0.2, -0.15) is 0 Å². The summed E-state index contributed by atoms with van der Waals surface area (Å²) in [7, 11) is 2.96. The molecular formula is C14H20O8. The van der Waals surface area contributed by atoms with Crippen molar-refractivity contribution in [2.45, 2.75) is 36.9 Å². The van der Waals surface area contributed by atoms with Crippen LogP contribution in [0.25, 0.3) is 0 Å². The highest BCUT2D eigenvalue weighted by atomic mass is 16.6. The molecule has 0 aromatic rings. The van der Waals surface area contributed by atoms with Crippen LogP contribution in [0.4, 0.5) is 0 Å². The van der Waals surface area contributed by atoms with Crippen molar-refractivity contribution in [3.63, 3.8) is 0 Å². The van der Waals surface area contributed by atoms with Crippen molar-refractivity contribution in [2.75, 3.05) is 27.4 Å². The standard InChI is InChI=1S/C14H20O8/c1-18-4-7(15)12-13-10(14(17)22-12)6-3-9(16)20-8(5-19-2)11(6)21-13/h6-8,10-13,15H,3-5H2,1-2H3/t6-,7-,8-,10-,11+,12-,13+/m1/s1. The number of esters is 2. The van der Waals surface area contributed by atoms with Gasteiger partial charge in [-0.3, -0.25) is 9.59 Å². The average molecular weight is 316 g/mol. The topological polar surface area (TPSA) is 101 Å². The Balaban J connectivity index is 1.81. The lowest BCUT2D eigenvalue weighted by molar-refractivity contribution is -0.184. The fourth-order valence-corrected chi connectivity index (χ4v) is 3.62. The number of carbonyl (C=O) groups is 2. The Morgan fingerprint density at radius 3 is 2.68 bits per heavy atom. The predicted molar refractivity (Wildman–Crippen MR) is 69.8 cm³/mol. The minimum atomic E-state index is -0.971. The summed E-state index contributed by atoms with van der Waals surface area (Å²) in [5.41, 5.74) is 0. The van der Waals surface area contributed by atoms with Gasteiger partial charge in [-0.1, -0.05) is 0 Å². The van der Waals surface area contributed by atoms with Gasteiger partial charge in [0, 0.05) is 20.1 Å². The summed E-state index contributed by atoms with van der Waals surface area (Å²) >= 11 is 0. The molecule has 8 nitrogen and oxygen atoms in total. The maximum atomic E-state index is 12.2. The molecule has 7 atom stereocenters. The van der Waals surface area contributed by atoms with Crippen LogP contribution in [-0.2, 0) is 33.3 Å². The maximum absolute atomic E-state index is 12.2. The third-order valence-corrected chi connectivity index (χ3v) is 4.50. The SMILES string of the molecule is COC[C@@H](O)[C@H]1OC(=O)[C@@H]2[C@H]3CC(=O)O[C@H](COC)[C@H]3O[C@H]12. The molecule has 0 aromatic carbocycles. The van der Waals surface area contributed by atoms with Gasteiger partial charge in [-0.15, -0.1) is 0 Å². The fraction of sp³-hybridized carbons (Fsp3) is 0.857. The molecule has 3 aliphatic heterocycles. The van der Waals surface area contributed by atoms with Crippen LogP contribution in [0.15, 0.2) is 0 Å². The first-order valence-electron chi connectivity index (χ1n) is 7.28. The molecule has 3 aliphatic rings. The smallest absolute Gasteiger partial charge is 0.312 e. The van der Waals surface area contributed by atoms with Crippen molar-refractivity contribution >= 4 is 11.9 Å². The molecule has 0 aliphatic carbocycles. The third kappa shape index (κ3) is 2.50. The quantitative estimate of drug-likeness (QED) is 0.637. The molecule has 124 valence electrons. The lowest BCUT2D eigenvalue weighted by Crippen LogP contribution is -2.46. The summed E-state index contributed by atoms with van der Waals surface area (Å²) < 4.78 is 26.4. The van der Waals surface area contributed by atoms with E-state index in [-0.39, 0.29) is 31.5 Å². The number of hydrogen-bond acceptors (Lipinski definition) is 8. The number of carbonyl (C=O) groups excluding carboxylic acids is 2. The number of methoxy groups -OCH3 is 2. The lowest BCUT2D eigenvalue weighted by Gasteiger charge is -2.33. The van der Waals surface area contributed by atoms with Gasteiger partial charge in [0.05, 0.1) is 25.6 Å². The molecule has 0 bridgehead atoms. The Morgan fingerprint density at radius 2 is 2.00 bits per heavy atom. The van der Waals surface area contributed by atoms with Crippen molar-refractivity contribution < 1.29 is 38.4 Å². The Hall–Kier alpha value is -1.22. The van der Waals surface area contributed by atoms with Gasteiger partial charge in [0.25, 0.3) is 0 Å². The van der Waals surface area contributed by atoms with Crippen molar-refractivity contribution in [3.8, 4) is 0 Å². The first kappa shape index (κ1) is 15.7. The highest BCUT2D eigenvalue weighted by Gasteiger charge is 2.62. The molecule has 0 amide bonds. The van der Waals surface area contributed by atoms with Gasteiger partial charge in [-0.25, -0.2) is 0 Å². The molecule has 0 spiro atoms. The van der Waals surface area contributed by atoms with Crippen molar-refractivity contribution in [1.82, 2.24) is 0 Å². The van der Waals surface area contributed by atoms with Gasteiger partial charge in [0.1, 0.15) is 18.3 Å². The molecule has 0 radical (unpaired) electrons. The Labute approximate surface area is 127 Å². The molecule has 3 rings (SSSR count). The number of aliphatic hydroxyl groups excluding tert-OH is 1. The maximum Gasteiger partial charge on any atom is 0.312 e. The molecule has 3 heterocycles.